The highest BCUT2D eigenvalue weighted by Crippen LogP contribution is 2.20. The van der Waals surface area contributed by atoms with Gasteiger partial charge in [-0.3, -0.25) is 19.7 Å². The quantitative estimate of drug-likeness (QED) is 0.469. The van der Waals surface area contributed by atoms with Crippen LogP contribution < -0.4 is 10.9 Å². The molecule has 3 aromatic heterocycles. The number of hydrogen-bond donors (Lipinski definition) is 2. The zero-order valence-corrected chi connectivity index (χ0v) is 16.6. The van der Waals surface area contributed by atoms with Gasteiger partial charge in [0.1, 0.15) is 5.38 Å². The first-order valence-electron chi connectivity index (χ1n) is 9.26. The number of nitrogens with zero attached hydrogens (tertiary/aromatic N) is 3. The second kappa shape index (κ2) is 8.75. The van der Waals surface area contributed by atoms with Crippen molar-refractivity contribution in [3.8, 4) is 16.9 Å². The van der Waals surface area contributed by atoms with Gasteiger partial charge in [-0.25, -0.2) is 9.67 Å². The summed E-state index contributed by atoms with van der Waals surface area (Å²) in [6.45, 7) is 0.259. The monoisotopic (exact) mass is 419 g/mol. The number of rotatable bonds is 6. The lowest BCUT2D eigenvalue weighted by atomic mass is 10.1. The highest BCUT2D eigenvalue weighted by Gasteiger charge is 2.17. The Balaban J connectivity index is 1.49. The van der Waals surface area contributed by atoms with Crippen LogP contribution in [-0.4, -0.2) is 25.7 Å². The molecule has 1 atom stereocenters. The van der Waals surface area contributed by atoms with Gasteiger partial charge in [-0.1, -0.05) is 36.4 Å². The Morgan fingerprint density at radius 1 is 1.13 bits per heavy atom. The zero-order chi connectivity index (χ0) is 20.9. The highest BCUT2D eigenvalue weighted by atomic mass is 35.5. The normalized spacial score (nSPS) is 11.8. The van der Waals surface area contributed by atoms with Gasteiger partial charge in [0, 0.05) is 36.9 Å². The third-order valence-corrected chi connectivity index (χ3v) is 5.02. The van der Waals surface area contributed by atoms with E-state index in [1.807, 2.05) is 24.3 Å². The molecule has 2 N–H and O–H groups in total. The summed E-state index contributed by atoms with van der Waals surface area (Å²) in [6, 6.07) is 16.2. The fourth-order valence-electron chi connectivity index (χ4n) is 3.01. The largest absolute Gasteiger partial charge is 0.350 e. The summed E-state index contributed by atoms with van der Waals surface area (Å²) in [6.07, 6.45) is 6.48. The molecule has 0 saturated carbocycles. The Morgan fingerprint density at radius 3 is 2.73 bits per heavy atom. The second-order valence-electron chi connectivity index (χ2n) is 6.58. The Morgan fingerprint density at radius 2 is 1.97 bits per heavy atom. The van der Waals surface area contributed by atoms with Crippen molar-refractivity contribution in [1.29, 1.82) is 0 Å². The van der Waals surface area contributed by atoms with Crippen LogP contribution in [0.2, 0.25) is 0 Å². The summed E-state index contributed by atoms with van der Waals surface area (Å²) in [5.74, 6) is 0.129. The van der Waals surface area contributed by atoms with E-state index < -0.39 is 5.38 Å². The highest BCUT2D eigenvalue weighted by molar-refractivity contribution is 6.30. The average Bonchev–Trinajstić information content (AvgIpc) is 3.19. The first-order chi connectivity index (χ1) is 14.6. The maximum absolute atomic E-state index is 12.8. The van der Waals surface area contributed by atoms with Crippen LogP contribution in [0.3, 0.4) is 0 Å². The molecule has 0 saturated heterocycles. The number of carbonyl (C=O) groups excluding carboxylic acids is 1. The van der Waals surface area contributed by atoms with Gasteiger partial charge >= 0.3 is 0 Å². The van der Waals surface area contributed by atoms with Gasteiger partial charge in [-0.05, 0) is 29.3 Å². The van der Waals surface area contributed by atoms with Gasteiger partial charge in [0.15, 0.2) is 5.82 Å². The molecule has 4 rings (SSSR count). The van der Waals surface area contributed by atoms with E-state index in [1.54, 1.807) is 55.1 Å². The Hall–Kier alpha value is -3.71. The van der Waals surface area contributed by atoms with E-state index in [1.165, 1.54) is 4.68 Å². The van der Waals surface area contributed by atoms with Crippen molar-refractivity contribution in [2.24, 2.45) is 0 Å². The van der Waals surface area contributed by atoms with Crippen LogP contribution in [0, 0.1) is 0 Å². The minimum atomic E-state index is -0.777. The molecule has 1 amide bonds. The summed E-state index contributed by atoms with van der Waals surface area (Å²) in [5.41, 5.74) is 2.50. The Labute approximate surface area is 177 Å². The minimum absolute atomic E-state index is 0.235. The van der Waals surface area contributed by atoms with Crippen LogP contribution in [0.4, 0.5) is 0 Å². The first kappa shape index (κ1) is 19.6. The predicted molar refractivity (Wildman–Crippen MR) is 114 cm³/mol. The number of carbonyl (C=O) groups is 1. The summed E-state index contributed by atoms with van der Waals surface area (Å²) in [4.78, 5) is 33.4. The molecule has 0 spiro atoms. The van der Waals surface area contributed by atoms with E-state index in [4.69, 9.17) is 11.6 Å². The molecule has 1 unspecified atom stereocenters. The van der Waals surface area contributed by atoms with Crippen molar-refractivity contribution in [3.05, 3.63) is 101 Å². The molecule has 0 fully saturated rings. The predicted octanol–water partition coefficient (Wildman–Crippen LogP) is 3.22. The van der Waals surface area contributed by atoms with Crippen molar-refractivity contribution in [3.63, 3.8) is 0 Å². The van der Waals surface area contributed by atoms with Gasteiger partial charge in [0.05, 0.1) is 5.56 Å². The van der Waals surface area contributed by atoms with E-state index in [0.29, 0.717) is 11.4 Å². The van der Waals surface area contributed by atoms with Gasteiger partial charge in [0.25, 0.3) is 5.56 Å². The molecular weight excluding hydrogens is 402 g/mol. The van der Waals surface area contributed by atoms with E-state index in [-0.39, 0.29) is 18.0 Å². The van der Waals surface area contributed by atoms with E-state index >= 15 is 0 Å². The third-order valence-electron chi connectivity index (χ3n) is 4.57. The first-order valence-corrected chi connectivity index (χ1v) is 9.70. The average molecular weight is 420 g/mol. The number of aromatic nitrogens is 4. The number of halogens is 1. The summed E-state index contributed by atoms with van der Waals surface area (Å²) < 4.78 is 1.35. The standard InChI is InChI=1S/C22H18ClN5O2/c23-20(16-5-2-1-3-6-16)21(29)26-12-15-8-10-25-19(11-15)28-22(30)18(14-27-28)17-7-4-9-24-13-17/h1-11,13-14,20,27H,12H2,(H,26,29). The molecule has 3 heterocycles. The summed E-state index contributed by atoms with van der Waals surface area (Å²) in [5, 5.41) is 4.97. The smallest absolute Gasteiger partial charge is 0.280 e. The Kier molecular flexibility index (Phi) is 5.72. The molecule has 30 heavy (non-hydrogen) atoms. The zero-order valence-electron chi connectivity index (χ0n) is 15.8. The lowest BCUT2D eigenvalue weighted by Crippen LogP contribution is -2.26. The van der Waals surface area contributed by atoms with Crippen LogP contribution in [0.15, 0.2) is 84.2 Å². The van der Waals surface area contributed by atoms with Gasteiger partial charge < -0.3 is 5.32 Å². The third kappa shape index (κ3) is 4.16. The van der Waals surface area contributed by atoms with Crippen molar-refractivity contribution in [2.75, 3.05) is 0 Å². The van der Waals surface area contributed by atoms with Crippen molar-refractivity contribution < 1.29 is 4.79 Å². The van der Waals surface area contributed by atoms with Crippen molar-refractivity contribution in [2.45, 2.75) is 11.9 Å². The maximum atomic E-state index is 12.8. The number of pyridine rings is 2. The number of H-pyrrole nitrogens is 1. The van der Waals surface area contributed by atoms with Crippen LogP contribution in [0.25, 0.3) is 16.9 Å². The number of nitrogens with one attached hydrogen (secondary N) is 2. The topological polar surface area (TPSA) is 92.7 Å². The minimum Gasteiger partial charge on any atom is -0.350 e. The van der Waals surface area contributed by atoms with Crippen LogP contribution >= 0.6 is 11.6 Å². The SMILES string of the molecule is O=C(NCc1ccnc(-n2[nH]cc(-c3cccnc3)c2=O)c1)C(Cl)c1ccccc1. The van der Waals surface area contributed by atoms with Gasteiger partial charge in [0.2, 0.25) is 5.91 Å². The van der Waals surface area contributed by atoms with Gasteiger partial charge in [-0.2, -0.15) is 0 Å². The Bertz CT molecular complexity index is 1200. The molecule has 1 aromatic carbocycles. The molecule has 8 heteroatoms. The molecule has 0 aliphatic heterocycles. The van der Waals surface area contributed by atoms with Crippen LogP contribution in [-0.2, 0) is 11.3 Å². The number of aromatic amines is 1. The molecule has 0 bridgehead atoms. The molecule has 0 aliphatic rings. The summed E-state index contributed by atoms with van der Waals surface area (Å²) in [7, 11) is 0. The van der Waals surface area contributed by atoms with E-state index in [0.717, 1.165) is 16.7 Å². The molecule has 4 aromatic rings. The van der Waals surface area contributed by atoms with Crippen molar-refractivity contribution >= 4 is 17.5 Å². The summed E-state index contributed by atoms with van der Waals surface area (Å²) >= 11 is 6.25. The van der Waals surface area contributed by atoms with Crippen LogP contribution in [0.5, 0.6) is 0 Å². The van der Waals surface area contributed by atoms with E-state index in [9.17, 15) is 9.59 Å². The second-order valence-corrected chi connectivity index (χ2v) is 7.02. The lowest BCUT2D eigenvalue weighted by Gasteiger charge is -2.11. The number of alkyl halides is 1. The molecule has 7 nitrogen and oxygen atoms in total. The number of hydrogen-bond acceptors (Lipinski definition) is 4. The molecular formula is C22H18ClN5O2. The number of benzene rings is 1. The van der Waals surface area contributed by atoms with E-state index in [2.05, 4.69) is 20.4 Å². The molecule has 0 aliphatic carbocycles. The fraction of sp³-hybridized carbons (Fsp3) is 0.0909. The number of amides is 1. The van der Waals surface area contributed by atoms with Crippen molar-refractivity contribution in [1.82, 2.24) is 25.1 Å². The molecule has 150 valence electrons. The lowest BCUT2D eigenvalue weighted by molar-refractivity contribution is -0.121. The fourth-order valence-corrected chi connectivity index (χ4v) is 3.24. The molecule has 0 radical (unpaired) electrons. The van der Waals surface area contributed by atoms with Gasteiger partial charge in [-0.15, -0.1) is 11.6 Å². The maximum Gasteiger partial charge on any atom is 0.280 e. The van der Waals surface area contributed by atoms with Crippen LogP contribution in [0.1, 0.15) is 16.5 Å².